The third kappa shape index (κ3) is 4.77. The average Bonchev–Trinajstić information content (AvgIpc) is 2.94. The van der Waals surface area contributed by atoms with Crippen molar-refractivity contribution in [3.05, 3.63) is 63.0 Å². The molecule has 1 N–H and O–H groups in total. The van der Waals surface area contributed by atoms with E-state index in [9.17, 15) is 14.7 Å². The van der Waals surface area contributed by atoms with Crippen LogP contribution in [0.25, 0.3) is 6.08 Å². The molecule has 1 aliphatic rings. The van der Waals surface area contributed by atoms with Gasteiger partial charge in [-0.3, -0.25) is 14.5 Å². The van der Waals surface area contributed by atoms with Crippen molar-refractivity contribution in [3.63, 3.8) is 0 Å². The van der Waals surface area contributed by atoms with Crippen molar-refractivity contribution < 1.29 is 19.4 Å². The monoisotopic (exact) mass is 461 g/mol. The Bertz CT molecular complexity index is 914. The van der Waals surface area contributed by atoms with E-state index in [4.69, 9.17) is 4.74 Å². The van der Waals surface area contributed by atoms with E-state index in [1.54, 1.807) is 12.1 Å². The molecule has 7 heteroatoms. The summed E-state index contributed by atoms with van der Waals surface area (Å²) in [5, 5.41) is 9.66. The summed E-state index contributed by atoms with van der Waals surface area (Å²) in [6, 6.07) is 13.1. The molecule has 1 heterocycles. The van der Waals surface area contributed by atoms with Gasteiger partial charge >= 0.3 is 0 Å². The fourth-order valence-electron chi connectivity index (χ4n) is 2.86. The van der Waals surface area contributed by atoms with Crippen molar-refractivity contribution in [3.8, 4) is 11.5 Å². The molecule has 0 aromatic heterocycles. The van der Waals surface area contributed by atoms with Crippen molar-refractivity contribution in [2.75, 3.05) is 13.2 Å². The number of nitrogens with zero attached hydrogens (tertiary/aromatic N) is 1. The molecule has 1 fully saturated rings. The lowest BCUT2D eigenvalue weighted by atomic mass is 10.1. The number of aryl methyl sites for hydroxylation is 1. The van der Waals surface area contributed by atoms with Gasteiger partial charge in [0.1, 0.15) is 0 Å². The molecule has 146 valence electrons. The van der Waals surface area contributed by atoms with Gasteiger partial charge in [-0.15, -0.1) is 0 Å². The van der Waals surface area contributed by atoms with E-state index in [2.05, 4.69) is 15.9 Å². The Morgan fingerprint density at radius 3 is 2.68 bits per heavy atom. The molecule has 2 amide bonds. The average molecular weight is 462 g/mol. The zero-order valence-electron chi connectivity index (χ0n) is 15.4. The Hall–Kier alpha value is -2.25. The minimum absolute atomic E-state index is 0.0138. The minimum Gasteiger partial charge on any atom is -0.504 e. The quantitative estimate of drug-likeness (QED) is 0.572. The maximum Gasteiger partial charge on any atom is 0.293 e. The van der Waals surface area contributed by atoms with Gasteiger partial charge in [0.25, 0.3) is 11.1 Å². The van der Waals surface area contributed by atoms with Gasteiger partial charge in [0.15, 0.2) is 11.5 Å². The molecule has 0 saturated carbocycles. The highest BCUT2D eigenvalue weighted by molar-refractivity contribution is 9.10. The van der Waals surface area contributed by atoms with Crippen LogP contribution in [0.5, 0.6) is 11.5 Å². The van der Waals surface area contributed by atoms with Crippen LogP contribution < -0.4 is 4.74 Å². The number of ether oxygens (including phenoxy) is 1. The van der Waals surface area contributed by atoms with Crippen LogP contribution in [-0.2, 0) is 11.2 Å². The molecule has 0 aliphatic carbocycles. The van der Waals surface area contributed by atoms with E-state index in [1.807, 2.05) is 37.3 Å². The number of phenols is 1. The molecule has 28 heavy (non-hydrogen) atoms. The zero-order chi connectivity index (χ0) is 20.1. The molecule has 5 nitrogen and oxygen atoms in total. The van der Waals surface area contributed by atoms with Gasteiger partial charge in [0, 0.05) is 11.0 Å². The largest absolute Gasteiger partial charge is 0.504 e. The van der Waals surface area contributed by atoms with Gasteiger partial charge in [-0.25, -0.2) is 0 Å². The number of thioether (sulfide) groups is 1. The number of hydrogen-bond donors (Lipinski definition) is 1. The van der Waals surface area contributed by atoms with E-state index >= 15 is 0 Å². The summed E-state index contributed by atoms with van der Waals surface area (Å²) in [7, 11) is 0. The maximum absolute atomic E-state index is 12.7. The first-order chi connectivity index (χ1) is 13.5. The number of rotatable bonds is 7. The molecule has 0 atom stereocenters. The number of benzene rings is 2. The Morgan fingerprint density at radius 1 is 1.21 bits per heavy atom. The number of carbonyl (C=O) groups is 2. The fraction of sp³-hybridized carbons (Fsp3) is 0.238. The van der Waals surface area contributed by atoms with E-state index in [0.29, 0.717) is 40.3 Å². The van der Waals surface area contributed by atoms with E-state index < -0.39 is 0 Å². The van der Waals surface area contributed by atoms with Gasteiger partial charge in [-0.05, 0) is 60.9 Å². The summed E-state index contributed by atoms with van der Waals surface area (Å²) in [4.78, 5) is 26.6. The zero-order valence-corrected chi connectivity index (χ0v) is 17.8. The number of aromatic hydroxyl groups is 1. The highest BCUT2D eigenvalue weighted by Crippen LogP contribution is 2.37. The fourth-order valence-corrected chi connectivity index (χ4v) is 4.16. The molecule has 2 aromatic carbocycles. The van der Waals surface area contributed by atoms with E-state index in [0.717, 1.165) is 18.2 Å². The van der Waals surface area contributed by atoms with Gasteiger partial charge in [-0.2, -0.15) is 0 Å². The second kappa shape index (κ2) is 9.30. The first-order valence-electron chi connectivity index (χ1n) is 8.94. The summed E-state index contributed by atoms with van der Waals surface area (Å²) < 4.78 is 6.01. The van der Waals surface area contributed by atoms with Crippen LogP contribution in [0.4, 0.5) is 4.79 Å². The normalized spacial score (nSPS) is 15.5. The van der Waals surface area contributed by atoms with Crippen LogP contribution in [-0.4, -0.2) is 34.3 Å². The van der Waals surface area contributed by atoms with Crippen molar-refractivity contribution in [2.24, 2.45) is 0 Å². The second-order valence-corrected chi connectivity index (χ2v) is 8.04. The number of halogens is 1. The molecule has 1 saturated heterocycles. The summed E-state index contributed by atoms with van der Waals surface area (Å²) >= 11 is 4.31. The van der Waals surface area contributed by atoms with Crippen LogP contribution in [0.3, 0.4) is 0 Å². The van der Waals surface area contributed by atoms with Crippen LogP contribution in [0.1, 0.15) is 24.5 Å². The van der Waals surface area contributed by atoms with Crippen molar-refractivity contribution in [2.45, 2.75) is 19.8 Å². The van der Waals surface area contributed by atoms with Crippen molar-refractivity contribution in [1.29, 1.82) is 0 Å². The number of carbonyl (C=O) groups excluding carboxylic acids is 2. The molecule has 1 aliphatic heterocycles. The minimum atomic E-state index is -0.291. The molecule has 0 bridgehead atoms. The number of imide groups is 1. The number of phenolic OH excluding ortho intramolecular Hbond substituents is 1. The lowest BCUT2D eigenvalue weighted by Crippen LogP contribution is -2.29. The Labute approximate surface area is 176 Å². The highest BCUT2D eigenvalue weighted by Gasteiger charge is 2.34. The van der Waals surface area contributed by atoms with Gasteiger partial charge in [0.05, 0.1) is 11.5 Å². The maximum atomic E-state index is 12.7. The summed E-state index contributed by atoms with van der Waals surface area (Å²) in [5.41, 5.74) is 1.84. The predicted molar refractivity (Wildman–Crippen MR) is 114 cm³/mol. The Morgan fingerprint density at radius 2 is 1.96 bits per heavy atom. The smallest absolute Gasteiger partial charge is 0.293 e. The Kier molecular flexibility index (Phi) is 6.80. The predicted octanol–water partition coefficient (Wildman–Crippen LogP) is 5.22. The van der Waals surface area contributed by atoms with E-state index in [-0.39, 0.29) is 16.9 Å². The molecule has 2 aromatic rings. The lowest BCUT2D eigenvalue weighted by molar-refractivity contribution is -0.122. The number of amides is 2. The molecule has 0 unspecified atom stereocenters. The second-order valence-electron chi connectivity index (χ2n) is 6.20. The summed E-state index contributed by atoms with van der Waals surface area (Å²) in [5.74, 6) is 0.0555. The number of hydrogen-bond acceptors (Lipinski definition) is 5. The van der Waals surface area contributed by atoms with Crippen LogP contribution >= 0.6 is 27.7 Å². The molecule has 0 radical (unpaired) electrons. The SMILES string of the molecule is CCOc1cc(/C=C2/SC(=O)N(CCCc3ccccc3)C2=O)c(Br)cc1O. The third-order valence-corrected chi connectivity index (χ3v) is 5.82. The van der Waals surface area contributed by atoms with Crippen LogP contribution in [0.15, 0.2) is 51.8 Å². The molecular formula is C21H20BrNO4S. The van der Waals surface area contributed by atoms with Gasteiger partial charge in [0.2, 0.25) is 0 Å². The molecule has 3 rings (SSSR count). The molecule has 0 spiro atoms. The summed E-state index contributed by atoms with van der Waals surface area (Å²) in [6.45, 7) is 2.62. The standard InChI is InChI=1S/C21H20BrNO4S/c1-2-27-18-11-15(16(22)13-17(18)24)12-19-20(25)23(21(26)28-19)10-6-9-14-7-4-3-5-8-14/h3-5,7-8,11-13,24H,2,6,9-10H2,1H3/b19-12+. The van der Waals surface area contributed by atoms with Crippen LogP contribution in [0.2, 0.25) is 0 Å². The molecular weight excluding hydrogens is 442 g/mol. The first-order valence-corrected chi connectivity index (χ1v) is 10.5. The highest BCUT2D eigenvalue weighted by atomic mass is 79.9. The third-order valence-electron chi connectivity index (χ3n) is 4.23. The van der Waals surface area contributed by atoms with Gasteiger partial charge < -0.3 is 9.84 Å². The van der Waals surface area contributed by atoms with Crippen molar-refractivity contribution >= 4 is 44.9 Å². The Balaban J connectivity index is 1.71. The van der Waals surface area contributed by atoms with E-state index in [1.165, 1.54) is 16.5 Å². The van der Waals surface area contributed by atoms with Crippen molar-refractivity contribution in [1.82, 2.24) is 4.90 Å². The topological polar surface area (TPSA) is 66.8 Å². The van der Waals surface area contributed by atoms with Gasteiger partial charge in [-0.1, -0.05) is 46.3 Å². The lowest BCUT2D eigenvalue weighted by Gasteiger charge is -2.12. The van der Waals surface area contributed by atoms with Crippen LogP contribution in [0, 0.1) is 0 Å². The summed E-state index contributed by atoms with van der Waals surface area (Å²) in [6.07, 6.45) is 3.17. The first kappa shape index (κ1) is 20.5.